The van der Waals surface area contributed by atoms with E-state index in [0.717, 1.165) is 17.5 Å². The number of hydrogen-bond acceptors (Lipinski definition) is 7. The quantitative estimate of drug-likeness (QED) is 0.353. The molecule has 3 aromatic rings. The van der Waals surface area contributed by atoms with Crippen molar-refractivity contribution in [2.45, 2.75) is 13.1 Å². The molecule has 0 saturated carbocycles. The van der Waals surface area contributed by atoms with Gasteiger partial charge >= 0.3 is 0 Å². The molecule has 166 valence electrons. The Bertz CT molecular complexity index is 1200. The first-order valence-corrected chi connectivity index (χ1v) is 9.80. The Morgan fingerprint density at radius 3 is 2.12 bits per heavy atom. The molecule has 0 bridgehead atoms. The highest BCUT2D eigenvalue weighted by molar-refractivity contribution is 5.97. The third-order valence-electron chi connectivity index (χ3n) is 4.56. The molecule has 0 aliphatic carbocycles. The first kappa shape index (κ1) is 22.9. The fourth-order valence-electron chi connectivity index (χ4n) is 2.83. The third kappa shape index (κ3) is 6.35. The van der Waals surface area contributed by atoms with Gasteiger partial charge in [-0.05, 0) is 35.4 Å². The van der Waals surface area contributed by atoms with Gasteiger partial charge in [-0.25, -0.2) is 9.97 Å². The smallest absolute Gasteiger partial charge is 0.270 e. The van der Waals surface area contributed by atoms with Gasteiger partial charge in [-0.1, -0.05) is 24.3 Å². The van der Waals surface area contributed by atoms with Gasteiger partial charge in [0.1, 0.15) is 23.5 Å². The summed E-state index contributed by atoms with van der Waals surface area (Å²) in [7, 11) is 1.57. The van der Waals surface area contributed by atoms with E-state index in [9.17, 15) is 14.4 Å². The Balaban J connectivity index is 1.57. The van der Waals surface area contributed by atoms with E-state index >= 15 is 0 Å². The van der Waals surface area contributed by atoms with E-state index in [0.29, 0.717) is 11.3 Å². The van der Waals surface area contributed by atoms with Crippen LogP contribution in [0.5, 0.6) is 5.75 Å². The number of carbonyl (C=O) groups excluding carboxylic acids is 3. The zero-order valence-electron chi connectivity index (χ0n) is 17.7. The molecule has 2 aromatic carbocycles. The van der Waals surface area contributed by atoms with E-state index in [1.165, 1.54) is 6.07 Å². The number of rotatable bonds is 8. The Labute approximate surface area is 189 Å². The SMILES string of the molecule is COc1cccc(CNC(=O)c2cc(C(=O)NCc3ccc(C(=O)NC#N)cc3)ncn2)c1. The van der Waals surface area contributed by atoms with Crippen LogP contribution in [0.2, 0.25) is 0 Å². The van der Waals surface area contributed by atoms with Gasteiger partial charge in [0, 0.05) is 24.7 Å². The normalized spacial score (nSPS) is 9.94. The van der Waals surface area contributed by atoms with Crippen LogP contribution in [0.25, 0.3) is 0 Å². The molecule has 3 N–H and O–H groups in total. The summed E-state index contributed by atoms with van der Waals surface area (Å²) >= 11 is 0. The van der Waals surface area contributed by atoms with Crippen LogP contribution >= 0.6 is 0 Å². The average Bonchev–Trinajstić information content (AvgIpc) is 2.86. The van der Waals surface area contributed by atoms with Gasteiger partial charge in [-0.2, -0.15) is 5.26 Å². The molecule has 33 heavy (non-hydrogen) atoms. The molecule has 3 amide bonds. The van der Waals surface area contributed by atoms with Crippen molar-refractivity contribution in [1.82, 2.24) is 25.9 Å². The highest BCUT2D eigenvalue weighted by Crippen LogP contribution is 2.12. The maximum absolute atomic E-state index is 12.5. The molecule has 1 aromatic heterocycles. The monoisotopic (exact) mass is 444 g/mol. The molecule has 0 aliphatic heterocycles. The Morgan fingerprint density at radius 1 is 0.879 bits per heavy atom. The van der Waals surface area contributed by atoms with Gasteiger partial charge in [0.2, 0.25) is 0 Å². The van der Waals surface area contributed by atoms with Gasteiger partial charge < -0.3 is 15.4 Å². The van der Waals surface area contributed by atoms with Crippen LogP contribution in [-0.2, 0) is 13.1 Å². The summed E-state index contributed by atoms with van der Waals surface area (Å²) in [6.45, 7) is 0.449. The van der Waals surface area contributed by atoms with Crippen molar-refractivity contribution in [1.29, 1.82) is 5.26 Å². The lowest BCUT2D eigenvalue weighted by molar-refractivity contribution is 0.0940. The van der Waals surface area contributed by atoms with Crippen LogP contribution < -0.4 is 20.7 Å². The van der Waals surface area contributed by atoms with Crippen LogP contribution in [0.3, 0.4) is 0 Å². The molecular weight excluding hydrogens is 424 g/mol. The fraction of sp³-hybridized carbons (Fsp3) is 0.130. The minimum Gasteiger partial charge on any atom is -0.497 e. The summed E-state index contributed by atoms with van der Waals surface area (Å²) in [5, 5.41) is 16.0. The summed E-state index contributed by atoms with van der Waals surface area (Å²) < 4.78 is 5.16. The lowest BCUT2D eigenvalue weighted by Gasteiger charge is -2.08. The number of nitrogens with one attached hydrogen (secondary N) is 3. The molecule has 0 unspecified atom stereocenters. The van der Waals surface area contributed by atoms with E-state index in [-0.39, 0.29) is 24.5 Å². The zero-order chi connectivity index (χ0) is 23.6. The van der Waals surface area contributed by atoms with Gasteiger partial charge in [-0.15, -0.1) is 0 Å². The van der Waals surface area contributed by atoms with Crippen LogP contribution in [0.1, 0.15) is 42.5 Å². The molecule has 1 heterocycles. The van der Waals surface area contributed by atoms with Gasteiger partial charge in [-0.3, -0.25) is 19.7 Å². The highest BCUT2D eigenvalue weighted by atomic mass is 16.5. The molecular formula is C23H20N6O4. The molecule has 0 aliphatic rings. The second-order valence-electron chi connectivity index (χ2n) is 6.77. The Morgan fingerprint density at radius 2 is 1.52 bits per heavy atom. The van der Waals surface area contributed by atoms with E-state index in [1.54, 1.807) is 43.6 Å². The lowest BCUT2D eigenvalue weighted by Crippen LogP contribution is -2.27. The second kappa shape index (κ2) is 11.0. The number of nitriles is 1. The van der Waals surface area contributed by atoms with E-state index < -0.39 is 17.7 Å². The first-order chi connectivity index (χ1) is 16.0. The van der Waals surface area contributed by atoms with E-state index in [1.807, 2.05) is 23.5 Å². The van der Waals surface area contributed by atoms with E-state index in [2.05, 4.69) is 20.6 Å². The molecule has 10 heteroatoms. The molecule has 0 atom stereocenters. The Kier molecular flexibility index (Phi) is 7.64. The predicted molar refractivity (Wildman–Crippen MR) is 117 cm³/mol. The average molecular weight is 444 g/mol. The zero-order valence-corrected chi connectivity index (χ0v) is 17.7. The maximum atomic E-state index is 12.5. The van der Waals surface area contributed by atoms with Crippen molar-refractivity contribution in [2.75, 3.05) is 7.11 Å². The van der Waals surface area contributed by atoms with Gasteiger partial charge in [0.05, 0.1) is 7.11 Å². The maximum Gasteiger partial charge on any atom is 0.270 e. The van der Waals surface area contributed by atoms with Gasteiger partial charge in [0.15, 0.2) is 6.19 Å². The molecule has 10 nitrogen and oxygen atoms in total. The number of methoxy groups -OCH3 is 1. The van der Waals surface area contributed by atoms with Crippen molar-refractivity contribution in [2.24, 2.45) is 0 Å². The lowest BCUT2D eigenvalue weighted by atomic mass is 10.1. The van der Waals surface area contributed by atoms with Crippen molar-refractivity contribution in [3.8, 4) is 11.9 Å². The molecule has 0 spiro atoms. The van der Waals surface area contributed by atoms with Crippen molar-refractivity contribution >= 4 is 17.7 Å². The summed E-state index contributed by atoms with van der Waals surface area (Å²) in [6, 6.07) is 15.0. The van der Waals surface area contributed by atoms with Crippen LogP contribution in [0, 0.1) is 11.5 Å². The number of nitrogens with zero attached hydrogens (tertiary/aromatic N) is 3. The van der Waals surface area contributed by atoms with Crippen LogP contribution in [-0.4, -0.2) is 34.8 Å². The molecule has 0 fully saturated rings. The number of ether oxygens (including phenoxy) is 1. The summed E-state index contributed by atoms with van der Waals surface area (Å²) in [6.07, 6.45) is 2.72. The largest absolute Gasteiger partial charge is 0.497 e. The molecule has 3 rings (SSSR count). The number of carbonyl (C=O) groups is 3. The summed E-state index contributed by atoms with van der Waals surface area (Å²) in [5.74, 6) is -0.750. The summed E-state index contributed by atoms with van der Waals surface area (Å²) in [5.41, 5.74) is 2.02. The number of benzene rings is 2. The standard InChI is InChI=1S/C23H20N6O4/c1-33-18-4-2-3-16(9-18)12-26-23(32)20-10-19(28-14-29-20)22(31)25-11-15-5-7-17(8-6-15)21(30)27-13-24/h2-10,14H,11-12H2,1H3,(H,25,31)(H,26,32)(H,27,30). The molecule has 0 saturated heterocycles. The minimum atomic E-state index is -0.508. The summed E-state index contributed by atoms with van der Waals surface area (Å²) in [4.78, 5) is 44.4. The van der Waals surface area contributed by atoms with E-state index in [4.69, 9.17) is 10.00 Å². The number of aromatic nitrogens is 2. The number of hydrogen-bond donors (Lipinski definition) is 3. The first-order valence-electron chi connectivity index (χ1n) is 9.80. The van der Waals surface area contributed by atoms with Crippen LogP contribution in [0.4, 0.5) is 0 Å². The second-order valence-corrected chi connectivity index (χ2v) is 6.77. The predicted octanol–water partition coefficient (Wildman–Crippen LogP) is 1.56. The van der Waals surface area contributed by atoms with Crippen molar-refractivity contribution < 1.29 is 19.1 Å². The highest BCUT2D eigenvalue weighted by Gasteiger charge is 2.13. The topological polar surface area (TPSA) is 146 Å². The Hall–Kier alpha value is -4.78. The molecule has 0 radical (unpaired) electrons. The fourth-order valence-corrected chi connectivity index (χ4v) is 2.83. The number of amides is 3. The van der Waals surface area contributed by atoms with Crippen molar-refractivity contribution in [3.63, 3.8) is 0 Å². The van der Waals surface area contributed by atoms with Crippen LogP contribution in [0.15, 0.2) is 60.9 Å². The van der Waals surface area contributed by atoms with Crippen molar-refractivity contribution in [3.05, 3.63) is 89.0 Å². The third-order valence-corrected chi connectivity index (χ3v) is 4.56. The van der Waals surface area contributed by atoms with Gasteiger partial charge in [0.25, 0.3) is 17.7 Å². The minimum absolute atomic E-state index is 0.0431.